The van der Waals surface area contributed by atoms with E-state index in [0.29, 0.717) is 13.2 Å². The molecule has 5 nitrogen and oxygen atoms in total. The van der Waals surface area contributed by atoms with Gasteiger partial charge in [-0.3, -0.25) is 0 Å². The monoisotopic (exact) mass is 307 g/mol. The van der Waals surface area contributed by atoms with Crippen LogP contribution in [0.1, 0.15) is 32.3 Å². The lowest BCUT2D eigenvalue weighted by Crippen LogP contribution is -2.37. The van der Waals surface area contributed by atoms with Gasteiger partial charge in [0.1, 0.15) is 5.75 Å². The fraction of sp³-hybridized carbons (Fsp3) is 0.588. The minimum Gasteiger partial charge on any atom is -0.493 e. The van der Waals surface area contributed by atoms with Crippen LogP contribution in [0.5, 0.6) is 5.75 Å². The van der Waals surface area contributed by atoms with E-state index in [9.17, 15) is 0 Å². The Labute approximate surface area is 134 Å². The summed E-state index contributed by atoms with van der Waals surface area (Å²) in [4.78, 5) is 4.59. The Bertz CT molecular complexity index is 436. The number of aliphatic imine (C=N–C) groups is 1. The van der Waals surface area contributed by atoms with Crippen molar-refractivity contribution in [2.45, 2.75) is 33.2 Å². The first-order chi connectivity index (χ1) is 10.8. The van der Waals surface area contributed by atoms with Crippen LogP contribution in [-0.2, 0) is 11.3 Å². The molecule has 0 aromatic heterocycles. The van der Waals surface area contributed by atoms with Gasteiger partial charge in [0.15, 0.2) is 5.96 Å². The van der Waals surface area contributed by atoms with Crippen molar-refractivity contribution < 1.29 is 9.47 Å². The Morgan fingerprint density at radius 2 is 2.05 bits per heavy atom. The number of methoxy groups -OCH3 is 1. The third-order valence-corrected chi connectivity index (χ3v) is 2.97. The van der Waals surface area contributed by atoms with E-state index in [1.54, 1.807) is 7.11 Å². The van der Waals surface area contributed by atoms with Crippen LogP contribution in [-0.4, -0.2) is 39.4 Å². The van der Waals surface area contributed by atoms with Gasteiger partial charge in [-0.2, -0.15) is 0 Å². The maximum atomic E-state index is 5.71. The average molecular weight is 307 g/mol. The number of hydrogen-bond acceptors (Lipinski definition) is 3. The highest BCUT2D eigenvalue weighted by atomic mass is 16.5. The molecule has 0 unspecified atom stereocenters. The Hall–Kier alpha value is -1.75. The predicted molar refractivity (Wildman–Crippen MR) is 91.5 cm³/mol. The number of rotatable bonds is 10. The van der Waals surface area contributed by atoms with Crippen molar-refractivity contribution in [3.05, 3.63) is 29.8 Å². The van der Waals surface area contributed by atoms with E-state index in [-0.39, 0.29) is 0 Å². The molecule has 0 saturated heterocycles. The summed E-state index contributed by atoms with van der Waals surface area (Å²) in [7, 11) is 1.70. The van der Waals surface area contributed by atoms with Crippen molar-refractivity contribution in [1.29, 1.82) is 0 Å². The van der Waals surface area contributed by atoms with Crippen LogP contribution < -0.4 is 15.4 Å². The Kier molecular flexibility index (Phi) is 9.87. The maximum absolute atomic E-state index is 5.71. The lowest BCUT2D eigenvalue weighted by molar-refractivity contribution is 0.172. The van der Waals surface area contributed by atoms with Gasteiger partial charge >= 0.3 is 0 Å². The van der Waals surface area contributed by atoms with E-state index in [4.69, 9.17) is 9.47 Å². The summed E-state index contributed by atoms with van der Waals surface area (Å²) in [6.07, 6.45) is 1.97. The number of nitrogens with one attached hydrogen (secondary N) is 2. The Morgan fingerprint density at radius 3 is 2.77 bits per heavy atom. The predicted octanol–water partition coefficient (Wildman–Crippen LogP) is 2.57. The molecule has 0 heterocycles. The van der Waals surface area contributed by atoms with Crippen LogP contribution >= 0.6 is 0 Å². The van der Waals surface area contributed by atoms with Crippen LogP contribution in [0.4, 0.5) is 0 Å². The summed E-state index contributed by atoms with van der Waals surface area (Å²) in [6, 6.07) is 8.08. The lowest BCUT2D eigenvalue weighted by atomic mass is 10.2. The number of guanidine groups is 1. The minimum absolute atomic E-state index is 0.633. The van der Waals surface area contributed by atoms with Crippen molar-refractivity contribution in [2.75, 3.05) is 33.4 Å². The number of hydrogen-bond donors (Lipinski definition) is 2. The molecule has 0 bridgehead atoms. The lowest BCUT2D eigenvalue weighted by Gasteiger charge is -2.11. The van der Waals surface area contributed by atoms with E-state index in [1.807, 2.05) is 18.2 Å². The molecule has 5 heteroatoms. The van der Waals surface area contributed by atoms with Gasteiger partial charge in [0.25, 0.3) is 0 Å². The molecule has 0 saturated carbocycles. The second kappa shape index (κ2) is 11.9. The van der Waals surface area contributed by atoms with Crippen molar-refractivity contribution in [3.8, 4) is 5.75 Å². The van der Waals surface area contributed by atoms with E-state index < -0.39 is 0 Å². The van der Waals surface area contributed by atoms with Crippen LogP contribution in [0, 0.1) is 0 Å². The molecule has 0 spiro atoms. The Balaban J connectivity index is 2.52. The first kappa shape index (κ1) is 18.3. The smallest absolute Gasteiger partial charge is 0.191 e. The van der Waals surface area contributed by atoms with Crippen molar-refractivity contribution >= 4 is 5.96 Å². The maximum Gasteiger partial charge on any atom is 0.191 e. The zero-order chi connectivity index (χ0) is 16.0. The van der Waals surface area contributed by atoms with Gasteiger partial charge in [-0.1, -0.05) is 19.1 Å². The van der Waals surface area contributed by atoms with E-state index in [0.717, 1.165) is 49.8 Å². The van der Waals surface area contributed by atoms with E-state index >= 15 is 0 Å². The summed E-state index contributed by atoms with van der Waals surface area (Å²) < 4.78 is 10.7. The van der Waals surface area contributed by atoms with Crippen molar-refractivity contribution in [3.63, 3.8) is 0 Å². The fourth-order valence-corrected chi connectivity index (χ4v) is 1.88. The van der Waals surface area contributed by atoms with Gasteiger partial charge in [0, 0.05) is 33.2 Å². The number of nitrogens with zero attached hydrogens (tertiary/aromatic N) is 1. The minimum atomic E-state index is 0.633. The quantitative estimate of drug-likeness (QED) is 0.396. The van der Waals surface area contributed by atoms with Gasteiger partial charge in [-0.05, 0) is 31.0 Å². The summed E-state index contributed by atoms with van der Waals surface area (Å²) >= 11 is 0. The first-order valence-electron chi connectivity index (χ1n) is 8.03. The third kappa shape index (κ3) is 7.88. The molecule has 1 rings (SSSR count). The zero-order valence-electron chi connectivity index (χ0n) is 14.0. The highest BCUT2D eigenvalue weighted by molar-refractivity contribution is 5.79. The molecule has 0 aliphatic heterocycles. The highest BCUT2D eigenvalue weighted by Crippen LogP contribution is 2.14. The van der Waals surface area contributed by atoms with Crippen LogP contribution in [0.3, 0.4) is 0 Å². The molecule has 22 heavy (non-hydrogen) atoms. The van der Waals surface area contributed by atoms with E-state index in [2.05, 4.69) is 35.5 Å². The molecule has 0 atom stereocenters. The number of benzene rings is 1. The molecule has 0 amide bonds. The van der Waals surface area contributed by atoms with Crippen molar-refractivity contribution in [1.82, 2.24) is 10.6 Å². The molecule has 0 aliphatic carbocycles. The van der Waals surface area contributed by atoms with Gasteiger partial charge in [0.2, 0.25) is 0 Å². The molecular formula is C17H29N3O2. The molecule has 1 aromatic rings. The molecule has 0 aliphatic rings. The second-order valence-electron chi connectivity index (χ2n) is 4.96. The topological polar surface area (TPSA) is 54.9 Å². The number of ether oxygens (including phenoxy) is 2. The first-order valence-corrected chi connectivity index (χ1v) is 8.03. The summed E-state index contributed by atoms with van der Waals surface area (Å²) in [5.41, 5.74) is 1.14. The molecule has 124 valence electrons. The molecule has 0 fully saturated rings. The summed E-state index contributed by atoms with van der Waals surface area (Å²) in [5, 5.41) is 6.54. The van der Waals surface area contributed by atoms with Crippen molar-refractivity contribution in [2.24, 2.45) is 4.99 Å². The standard InChI is InChI=1S/C17H29N3O2/c1-4-10-19-17(18-5-2)20-14-15-8-6-9-16(13-15)22-12-7-11-21-3/h6,8-9,13H,4-5,7,10-12,14H2,1-3H3,(H2,18,19,20). The highest BCUT2D eigenvalue weighted by Gasteiger charge is 1.99. The van der Waals surface area contributed by atoms with Gasteiger partial charge in [-0.15, -0.1) is 0 Å². The molecule has 1 aromatic carbocycles. The summed E-state index contributed by atoms with van der Waals surface area (Å²) in [6.45, 7) is 8.01. The Morgan fingerprint density at radius 1 is 1.18 bits per heavy atom. The molecular weight excluding hydrogens is 278 g/mol. The van der Waals surface area contributed by atoms with Gasteiger partial charge < -0.3 is 20.1 Å². The largest absolute Gasteiger partial charge is 0.493 e. The van der Waals surface area contributed by atoms with Crippen LogP contribution in [0.25, 0.3) is 0 Å². The molecule has 0 radical (unpaired) electrons. The van der Waals surface area contributed by atoms with Crippen LogP contribution in [0.2, 0.25) is 0 Å². The SMILES string of the molecule is CCCNC(=NCc1cccc(OCCCOC)c1)NCC. The summed E-state index contributed by atoms with van der Waals surface area (Å²) in [5.74, 6) is 1.74. The normalized spacial score (nSPS) is 11.3. The fourth-order valence-electron chi connectivity index (χ4n) is 1.88. The van der Waals surface area contributed by atoms with Crippen LogP contribution in [0.15, 0.2) is 29.3 Å². The van der Waals surface area contributed by atoms with Gasteiger partial charge in [0.05, 0.1) is 13.2 Å². The van der Waals surface area contributed by atoms with E-state index in [1.165, 1.54) is 0 Å². The third-order valence-electron chi connectivity index (χ3n) is 2.97. The van der Waals surface area contributed by atoms with Gasteiger partial charge in [-0.25, -0.2) is 4.99 Å². The second-order valence-corrected chi connectivity index (χ2v) is 4.96. The zero-order valence-corrected chi connectivity index (χ0v) is 14.0. The average Bonchev–Trinajstić information content (AvgIpc) is 2.54. The molecule has 2 N–H and O–H groups in total.